The molecular weight excluding hydrogens is 468 g/mol. The van der Waals surface area contributed by atoms with E-state index in [2.05, 4.69) is 5.32 Å². The van der Waals surface area contributed by atoms with Gasteiger partial charge in [-0.2, -0.15) is 0 Å². The lowest BCUT2D eigenvalue weighted by molar-refractivity contribution is -0.111. The Morgan fingerprint density at radius 3 is 2.47 bits per heavy atom. The van der Waals surface area contributed by atoms with Crippen LogP contribution in [-0.4, -0.2) is 26.7 Å². The van der Waals surface area contributed by atoms with E-state index in [0.29, 0.717) is 40.6 Å². The first-order chi connectivity index (χ1) is 17.3. The third-order valence-corrected chi connectivity index (χ3v) is 5.63. The molecule has 0 aliphatic rings. The summed E-state index contributed by atoms with van der Waals surface area (Å²) in [5.74, 6) is -0.680. The zero-order valence-electron chi connectivity index (χ0n) is 20.3. The van der Waals surface area contributed by atoms with E-state index >= 15 is 0 Å². The number of halogens is 2. The Labute approximate surface area is 207 Å². The van der Waals surface area contributed by atoms with Gasteiger partial charge in [0.25, 0.3) is 0 Å². The smallest absolute Gasteiger partial charge is 0.248 e. The summed E-state index contributed by atoms with van der Waals surface area (Å²) in [5.41, 5.74) is 3.58. The summed E-state index contributed by atoms with van der Waals surface area (Å²) in [6.07, 6.45) is 3.01. The molecule has 1 heterocycles. The minimum absolute atomic E-state index is 0.144. The molecule has 36 heavy (non-hydrogen) atoms. The maximum atomic E-state index is 13.5. The molecule has 0 fully saturated rings. The third kappa shape index (κ3) is 5.02. The van der Waals surface area contributed by atoms with Crippen LogP contribution in [0.5, 0.6) is 17.2 Å². The second-order valence-corrected chi connectivity index (χ2v) is 7.94. The average Bonchev–Trinajstić information content (AvgIpc) is 3.28. The van der Waals surface area contributed by atoms with Crippen molar-refractivity contribution in [2.75, 3.05) is 26.1 Å². The predicted octanol–water partition coefficient (Wildman–Crippen LogP) is 6.84. The van der Waals surface area contributed by atoms with Gasteiger partial charge in [-0.15, -0.1) is 0 Å². The zero-order valence-corrected chi connectivity index (χ0v) is 20.3. The summed E-state index contributed by atoms with van der Waals surface area (Å²) < 4.78 is 49.3. The van der Waals surface area contributed by atoms with Gasteiger partial charge in [0.05, 0.1) is 27.1 Å². The summed E-state index contributed by atoms with van der Waals surface area (Å²) in [6, 6.07) is 12.3. The van der Waals surface area contributed by atoms with Gasteiger partial charge in [-0.1, -0.05) is 0 Å². The van der Waals surface area contributed by atoms with Crippen molar-refractivity contribution < 1.29 is 32.2 Å². The van der Waals surface area contributed by atoms with Gasteiger partial charge in [0.1, 0.15) is 22.8 Å². The van der Waals surface area contributed by atoms with Gasteiger partial charge >= 0.3 is 0 Å². The highest BCUT2D eigenvalue weighted by molar-refractivity contribution is 6.05. The fraction of sp³-hybridized carbons (Fsp3) is 0.179. The molecule has 0 saturated heterocycles. The summed E-state index contributed by atoms with van der Waals surface area (Å²) in [6.45, 7) is 4.03. The molecule has 1 N–H and O–H groups in total. The molecule has 8 heteroatoms. The van der Waals surface area contributed by atoms with E-state index in [4.69, 9.17) is 18.6 Å². The standard InChI is InChI=1S/C28H25F2NO5/c1-5-35-26-14-27-21(22(15-36-27)20-12-18(33-3)7-9-25(20)34-4)13-19(26)16(2)10-28(32)31-17-6-8-23(29)24(30)11-17/h6-15H,5H2,1-4H3,(H,31,32)/b16-10+. The number of anilines is 1. The predicted molar refractivity (Wildman–Crippen MR) is 135 cm³/mol. The van der Waals surface area contributed by atoms with Gasteiger partial charge in [0, 0.05) is 46.0 Å². The number of furan rings is 1. The van der Waals surface area contributed by atoms with Crippen LogP contribution in [0, 0.1) is 11.6 Å². The molecule has 0 spiro atoms. The van der Waals surface area contributed by atoms with E-state index in [9.17, 15) is 13.6 Å². The number of nitrogens with one attached hydrogen (secondary N) is 1. The second kappa shape index (κ2) is 10.5. The minimum Gasteiger partial charge on any atom is -0.497 e. The largest absolute Gasteiger partial charge is 0.497 e. The van der Waals surface area contributed by atoms with Crippen molar-refractivity contribution in [1.29, 1.82) is 0 Å². The molecule has 1 amide bonds. The lowest BCUT2D eigenvalue weighted by Crippen LogP contribution is -2.09. The van der Waals surface area contributed by atoms with Gasteiger partial charge in [-0.3, -0.25) is 4.79 Å². The van der Waals surface area contributed by atoms with Crippen LogP contribution >= 0.6 is 0 Å². The van der Waals surface area contributed by atoms with Gasteiger partial charge in [-0.25, -0.2) is 8.78 Å². The van der Waals surface area contributed by atoms with E-state index < -0.39 is 17.5 Å². The van der Waals surface area contributed by atoms with Gasteiger partial charge < -0.3 is 23.9 Å². The molecule has 4 aromatic rings. The van der Waals surface area contributed by atoms with Crippen LogP contribution in [0.4, 0.5) is 14.5 Å². The Kier molecular flexibility index (Phi) is 7.24. The maximum absolute atomic E-state index is 13.5. The lowest BCUT2D eigenvalue weighted by Gasteiger charge is -2.13. The Balaban J connectivity index is 1.76. The molecule has 0 atom stereocenters. The number of ether oxygens (including phenoxy) is 3. The summed E-state index contributed by atoms with van der Waals surface area (Å²) in [7, 11) is 3.18. The maximum Gasteiger partial charge on any atom is 0.248 e. The topological polar surface area (TPSA) is 69.9 Å². The third-order valence-electron chi connectivity index (χ3n) is 5.63. The van der Waals surface area contributed by atoms with E-state index in [1.54, 1.807) is 33.5 Å². The van der Waals surface area contributed by atoms with Gasteiger partial charge in [-0.05, 0) is 55.8 Å². The fourth-order valence-corrected chi connectivity index (χ4v) is 3.90. The second-order valence-electron chi connectivity index (χ2n) is 7.94. The summed E-state index contributed by atoms with van der Waals surface area (Å²) in [5, 5.41) is 3.33. The molecule has 0 bridgehead atoms. The number of carbonyl (C=O) groups is 1. The molecular formula is C28H25F2NO5. The van der Waals surface area contributed by atoms with Crippen molar-refractivity contribution >= 4 is 28.1 Å². The number of hydrogen-bond acceptors (Lipinski definition) is 5. The number of hydrogen-bond donors (Lipinski definition) is 1. The Hall–Kier alpha value is -4.33. The first-order valence-electron chi connectivity index (χ1n) is 11.2. The molecule has 1 aromatic heterocycles. The van der Waals surface area contributed by atoms with E-state index in [-0.39, 0.29) is 5.69 Å². The lowest BCUT2D eigenvalue weighted by atomic mass is 9.98. The van der Waals surface area contributed by atoms with Crippen LogP contribution in [0.1, 0.15) is 19.4 Å². The van der Waals surface area contributed by atoms with Crippen molar-refractivity contribution in [2.24, 2.45) is 0 Å². The van der Waals surface area contributed by atoms with Crippen molar-refractivity contribution in [3.05, 3.63) is 78.1 Å². The van der Waals surface area contributed by atoms with Crippen molar-refractivity contribution in [2.45, 2.75) is 13.8 Å². The SMILES string of the molecule is CCOc1cc2occ(-c3cc(OC)ccc3OC)c2cc1/C(C)=C/C(=O)Nc1ccc(F)c(F)c1. The van der Waals surface area contributed by atoms with Crippen molar-refractivity contribution in [3.63, 3.8) is 0 Å². The van der Waals surface area contributed by atoms with Gasteiger partial charge in [0.2, 0.25) is 5.91 Å². The molecule has 0 radical (unpaired) electrons. The van der Waals surface area contributed by atoms with Crippen LogP contribution in [0.15, 0.2) is 65.3 Å². The molecule has 0 unspecified atom stereocenters. The Morgan fingerprint density at radius 2 is 1.78 bits per heavy atom. The number of amides is 1. The van der Waals surface area contributed by atoms with Crippen LogP contribution in [0.3, 0.4) is 0 Å². The van der Waals surface area contributed by atoms with E-state index in [1.807, 2.05) is 31.2 Å². The quantitative estimate of drug-likeness (QED) is 0.272. The molecule has 0 saturated carbocycles. The van der Waals surface area contributed by atoms with Crippen LogP contribution in [0.25, 0.3) is 27.7 Å². The Morgan fingerprint density at radius 1 is 0.972 bits per heavy atom. The van der Waals surface area contributed by atoms with Crippen LogP contribution < -0.4 is 19.5 Å². The number of fused-ring (bicyclic) bond motifs is 1. The van der Waals surface area contributed by atoms with E-state index in [0.717, 1.165) is 28.6 Å². The summed E-state index contributed by atoms with van der Waals surface area (Å²) in [4.78, 5) is 12.6. The Bertz CT molecular complexity index is 1460. The monoisotopic (exact) mass is 493 g/mol. The number of allylic oxidation sites excluding steroid dienone is 1. The molecule has 3 aromatic carbocycles. The molecule has 0 aliphatic heterocycles. The van der Waals surface area contributed by atoms with Crippen molar-refractivity contribution in [1.82, 2.24) is 0 Å². The van der Waals surface area contributed by atoms with Gasteiger partial charge in [0.15, 0.2) is 11.6 Å². The fourth-order valence-electron chi connectivity index (χ4n) is 3.90. The number of rotatable bonds is 8. The highest BCUT2D eigenvalue weighted by atomic mass is 19.2. The average molecular weight is 494 g/mol. The van der Waals surface area contributed by atoms with Crippen molar-refractivity contribution in [3.8, 4) is 28.4 Å². The molecule has 4 rings (SSSR count). The number of methoxy groups -OCH3 is 2. The van der Waals surface area contributed by atoms with Crippen LogP contribution in [-0.2, 0) is 4.79 Å². The first kappa shape index (κ1) is 24.8. The van der Waals surface area contributed by atoms with Crippen LogP contribution in [0.2, 0.25) is 0 Å². The first-order valence-corrected chi connectivity index (χ1v) is 11.2. The normalized spacial score (nSPS) is 11.4. The molecule has 6 nitrogen and oxygen atoms in total. The molecule has 186 valence electrons. The highest BCUT2D eigenvalue weighted by Gasteiger charge is 2.18. The number of benzene rings is 3. The summed E-state index contributed by atoms with van der Waals surface area (Å²) >= 11 is 0. The van der Waals surface area contributed by atoms with E-state index in [1.165, 1.54) is 12.1 Å². The highest BCUT2D eigenvalue weighted by Crippen LogP contribution is 2.41. The minimum atomic E-state index is -1.04. The number of carbonyl (C=O) groups excluding carboxylic acids is 1. The molecule has 0 aliphatic carbocycles. The zero-order chi connectivity index (χ0) is 25.8.